The molecule has 0 spiro atoms. The van der Waals surface area contributed by atoms with Crippen molar-refractivity contribution in [2.24, 2.45) is 0 Å². The van der Waals surface area contributed by atoms with Crippen molar-refractivity contribution in [2.45, 2.75) is 50.5 Å². The standard InChI is InChI=1S/C24H26N2O4S/c1-16-10-11-19(22-14-17(2)26-30-22)15-23(16)31(28,29)13-12-24(27)25-21-9-5-7-18-6-3-4-8-20(18)21/h3-4,6,8,10-11,14-15,21H,5,7,9,12-13H2,1-2H3,(H,25,27)/t21-/m0/s1. The highest BCUT2D eigenvalue weighted by atomic mass is 32.2. The molecule has 162 valence electrons. The fraction of sp³-hybridized carbons (Fsp3) is 0.333. The van der Waals surface area contributed by atoms with Gasteiger partial charge in [0.2, 0.25) is 5.91 Å². The Morgan fingerprint density at radius 3 is 2.74 bits per heavy atom. The van der Waals surface area contributed by atoms with Crippen LogP contribution < -0.4 is 5.32 Å². The molecule has 31 heavy (non-hydrogen) atoms. The topological polar surface area (TPSA) is 89.3 Å². The lowest BCUT2D eigenvalue weighted by molar-refractivity contribution is -0.121. The monoisotopic (exact) mass is 438 g/mol. The average Bonchev–Trinajstić information content (AvgIpc) is 3.19. The molecular formula is C24H26N2O4S. The third kappa shape index (κ3) is 4.71. The van der Waals surface area contributed by atoms with Crippen LogP contribution in [-0.4, -0.2) is 25.2 Å². The number of carbonyl (C=O) groups is 1. The Hall–Kier alpha value is -2.93. The van der Waals surface area contributed by atoms with Crippen LogP contribution in [0.2, 0.25) is 0 Å². The van der Waals surface area contributed by atoms with E-state index in [0.29, 0.717) is 16.9 Å². The van der Waals surface area contributed by atoms with Gasteiger partial charge in [0.15, 0.2) is 15.6 Å². The number of carbonyl (C=O) groups excluding carboxylic acids is 1. The van der Waals surface area contributed by atoms with Crippen LogP contribution in [0.15, 0.2) is 57.9 Å². The molecule has 3 aromatic rings. The van der Waals surface area contributed by atoms with Crippen molar-refractivity contribution in [3.8, 4) is 11.3 Å². The lowest BCUT2D eigenvalue weighted by Crippen LogP contribution is -2.32. The van der Waals surface area contributed by atoms with Crippen molar-refractivity contribution in [1.82, 2.24) is 10.5 Å². The molecule has 1 atom stereocenters. The molecule has 0 fully saturated rings. The van der Waals surface area contributed by atoms with E-state index in [1.165, 1.54) is 5.56 Å². The van der Waals surface area contributed by atoms with E-state index in [2.05, 4.69) is 16.5 Å². The van der Waals surface area contributed by atoms with Crippen LogP contribution in [-0.2, 0) is 21.1 Å². The minimum absolute atomic E-state index is 0.0556. The predicted octanol–water partition coefficient (Wildman–Crippen LogP) is 4.32. The Balaban J connectivity index is 1.46. The highest BCUT2D eigenvalue weighted by molar-refractivity contribution is 7.91. The van der Waals surface area contributed by atoms with E-state index in [9.17, 15) is 13.2 Å². The zero-order valence-corrected chi connectivity index (χ0v) is 18.5. The van der Waals surface area contributed by atoms with Gasteiger partial charge in [0, 0.05) is 18.1 Å². The van der Waals surface area contributed by atoms with E-state index in [1.807, 2.05) is 31.2 Å². The van der Waals surface area contributed by atoms with Gasteiger partial charge in [0.25, 0.3) is 0 Å². The van der Waals surface area contributed by atoms with Gasteiger partial charge in [-0.1, -0.05) is 41.6 Å². The Morgan fingerprint density at radius 1 is 1.16 bits per heavy atom. The minimum atomic E-state index is -3.63. The van der Waals surface area contributed by atoms with E-state index in [1.54, 1.807) is 25.1 Å². The summed E-state index contributed by atoms with van der Waals surface area (Å²) in [6.45, 7) is 3.56. The van der Waals surface area contributed by atoms with Crippen LogP contribution >= 0.6 is 0 Å². The number of fused-ring (bicyclic) bond motifs is 1. The Labute approximate surface area is 182 Å². The predicted molar refractivity (Wildman–Crippen MR) is 118 cm³/mol. The summed E-state index contributed by atoms with van der Waals surface area (Å²) in [5, 5.41) is 6.89. The van der Waals surface area contributed by atoms with Crippen molar-refractivity contribution in [2.75, 3.05) is 5.75 Å². The Kier molecular flexibility index (Phi) is 5.96. The zero-order valence-electron chi connectivity index (χ0n) is 17.7. The van der Waals surface area contributed by atoms with Crippen LogP contribution in [0.5, 0.6) is 0 Å². The summed E-state index contributed by atoms with van der Waals surface area (Å²) in [4.78, 5) is 12.8. The number of nitrogens with zero attached hydrogens (tertiary/aromatic N) is 1. The number of rotatable bonds is 6. The van der Waals surface area contributed by atoms with Crippen molar-refractivity contribution in [3.05, 3.63) is 70.9 Å². The lowest BCUT2D eigenvalue weighted by Gasteiger charge is -2.26. The molecular weight excluding hydrogens is 412 g/mol. The normalized spacial score (nSPS) is 16.0. The molecule has 0 saturated heterocycles. The second kappa shape index (κ2) is 8.67. The summed E-state index contributed by atoms with van der Waals surface area (Å²) >= 11 is 0. The van der Waals surface area contributed by atoms with Crippen molar-refractivity contribution in [3.63, 3.8) is 0 Å². The molecule has 1 aromatic heterocycles. The van der Waals surface area contributed by atoms with Crippen LogP contribution in [0.25, 0.3) is 11.3 Å². The number of aromatic nitrogens is 1. The lowest BCUT2D eigenvalue weighted by atomic mass is 9.88. The van der Waals surface area contributed by atoms with Gasteiger partial charge in [-0.05, 0) is 55.9 Å². The smallest absolute Gasteiger partial charge is 0.221 e. The van der Waals surface area contributed by atoms with Crippen LogP contribution in [0.4, 0.5) is 0 Å². The van der Waals surface area contributed by atoms with Crippen molar-refractivity contribution in [1.29, 1.82) is 0 Å². The molecule has 7 heteroatoms. The fourth-order valence-electron chi connectivity index (χ4n) is 4.10. The zero-order chi connectivity index (χ0) is 22.0. The molecule has 0 unspecified atom stereocenters. The van der Waals surface area contributed by atoms with Crippen molar-refractivity contribution < 1.29 is 17.7 Å². The number of hydrogen-bond donors (Lipinski definition) is 1. The van der Waals surface area contributed by atoms with Crippen LogP contribution in [0, 0.1) is 13.8 Å². The average molecular weight is 439 g/mol. The summed E-state index contributed by atoms with van der Waals surface area (Å²) in [7, 11) is -3.63. The molecule has 0 bridgehead atoms. The highest BCUT2D eigenvalue weighted by Gasteiger charge is 2.24. The first-order chi connectivity index (χ1) is 14.8. The van der Waals surface area contributed by atoms with Gasteiger partial charge in [-0.3, -0.25) is 4.79 Å². The van der Waals surface area contributed by atoms with E-state index < -0.39 is 9.84 Å². The van der Waals surface area contributed by atoms with E-state index in [4.69, 9.17) is 4.52 Å². The van der Waals surface area contributed by atoms with Gasteiger partial charge in [0.05, 0.1) is 22.4 Å². The largest absolute Gasteiger partial charge is 0.356 e. The summed E-state index contributed by atoms with van der Waals surface area (Å²) in [5.41, 5.74) is 4.40. The first kappa shape index (κ1) is 21.3. The first-order valence-corrected chi connectivity index (χ1v) is 12.1. The third-order valence-corrected chi connectivity index (χ3v) is 7.59. The molecule has 4 rings (SSSR count). The van der Waals surface area contributed by atoms with E-state index in [0.717, 1.165) is 30.5 Å². The van der Waals surface area contributed by atoms with E-state index in [-0.39, 0.29) is 29.0 Å². The maximum atomic E-state index is 13.0. The maximum absolute atomic E-state index is 13.0. The number of benzene rings is 2. The number of hydrogen-bond acceptors (Lipinski definition) is 5. The Morgan fingerprint density at radius 2 is 1.97 bits per heavy atom. The number of amides is 1. The molecule has 1 amide bonds. The third-order valence-electron chi connectivity index (χ3n) is 5.74. The molecule has 1 aliphatic rings. The summed E-state index contributed by atoms with van der Waals surface area (Å²) in [5.74, 6) is 0.0278. The van der Waals surface area contributed by atoms with Gasteiger partial charge in [-0.15, -0.1) is 0 Å². The molecule has 2 aromatic carbocycles. The van der Waals surface area contributed by atoms with Gasteiger partial charge >= 0.3 is 0 Å². The number of nitrogens with one attached hydrogen (secondary N) is 1. The quantitative estimate of drug-likeness (QED) is 0.619. The highest BCUT2D eigenvalue weighted by Crippen LogP contribution is 2.30. The van der Waals surface area contributed by atoms with E-state index >= 15 is 0 Å². The molecule has 1 heterocycles. The molecule has 0 aliphatic heterocycles. The van der Waals surface area contributed by atoms with Gasteiger partial charge in [-0.2, -0.15) is 0 Å². The second-order valence-corrected chi connectivity index (χ2v) is 10.2. The minimum Gasteiger partial charge on any atom is -0.356 e. The van der Waals surface area contributed by atoms with Crippen LogP contribution in [0.1, 0.15) is 47.7 Å². The van der Waals surface area contributed by atoms with Gasteiger partial charge in [0.1, 0.15) is 0 Å². The SMILES string of the molecule is Cc1cc(-c2ccc(C)c(S(=O)(=O)CCC(=O)N[C@H]3CCCc4ccccc43)c2)on1. The summed E-state index contributed by atoms with van der Waals surface area (Å²) in [6, 6.07) is 15.0. The first-order valence-electron chi connectivity index (χ1n) is 10.5. The number of sulfone groups is 1. The van der Waals surface area contributed by atoms with Crippen LogP contribution in [0.3, 0.4) is 0 Å². The second-order valence-electron chi connectivity index (χ2n) is 8.09. The molecule has 0 saturated carbocycles. The summed E-state index contributed by atoms with van der Waals surface area (Å²) < 4.78 is 31.3. The summed E-state index contributed by atoms with van der Waals surface area (Å²) in [6.07, 6.45) is 2.81. The van der Waals surface area contributed by atoms with Gasteiger partial charge < -0.3 is 9.84 Å². The maximum Gasteiger partial charge on any atom is 0.221 e. The Bertz CT molecular complexity index is 1210. The molecule has 6 nitrogen and oxygen atoms in total. The molecule has 1 N–H and O–H groups in total. The molecule has 0 radical (unpaired) electrons. The molecule has 1 aliphatic carbocycles. The number of aryl methyl sites for hydroxylation is 3. The van der Waals surface area contributed by atoms with Crippen molar-refractivity contribution >= 4 is 15.7 Å². The van der Waals surface area contributed by atoms with Gasteiger partial charge in [-0.25, -0.2) is 8.42 Å². The fourth-order valence-corrected chi connectivity index (χ4v) is 5.63.